The van der Waals surface area contributed by atoms with Gasteiger partial charge in [0.05, 0.1) is 6.20 Å². The summed E-state index contributed by atoms with van der Waals surface area (Å²) in [4.78, 5) is 18.0. The number of hydrogen-bond acceptors (Lipinski definition) is 4. The Balaban J connectivity index is 1.53. The average Bonchev–Trinajstić information content (AvgIpc) is 2.88. The number of aromatic nitrogens is 1. The van der Waals surface area contributed by atoms with Crippen LogP contribution in [0.1, 0.15) is 39.2 Å². The fourth-order valence-corrected chi connectivity index (χ4v) is 3.37. The molecule has 1 unspecified atom stereocenters. The van der Waals surface area contributed by atoms with Gasteiger partial charge >= 0.3 is 6.09 Å². The van der Waals surface area contributed by atoms with Gasteiger partial charge in [0.15, 0.2) is 0 Å². The van der Waals surface area contributed by atoms with Gasteiger partial charge in [-0.25, -0.2) is 9.78 Å². The Morgan fingerprint density at radius 3 is 2.74 bits per heavy atom. The Bertz CT molecular complexity index is 592. The summed E-state index contributed by atoms with van der Waals surface area (Å²) in [5, 5.41) is 0.507. The van der Waals surface area contributed by atoms with Crippen LogP contribution in [0.5, 0.6) is 5.75 Å². The number of fused-ring (bicyclic) bond motifs is 1. The van der Waals surface area contributed by atoms with Crippen molar-refractivity contribution in [3.8, 4) is 5.75 Å². The molecule has 3 heterocycles. The zero-order valence-corrected chi connectivity index (χ0v) is 14.6. The van der Waals surface area contributed by atoms with E-state index in [1.54, 1.807) is 11.1 Å². The lowest BCUT2D eigenvalue weighted by Gasteiger charge is -2.35. The monoisotopic (exact) mass is 338 g/mol. The number of pyridine rings is 1. The van der Waals surface area contributed by atoms with Gasteiger partial charge in [0, 0.05) is 25.1 Å². The zero-order valence-electron chi connectivity index (χ0n) is 13.8. The number of carbonyl (C=O) groups excluding carboxylic acids is 1. The van der Waals surface area contributed by atoms with E-state index in [0.717, 1.165) is 43.7 Å². The molecule has 2 aliphatic rings. The molecule has 1 saturated heterocycles. The number of rotatable bonds is 1. The van der Waals surface area contributed by atoms with E-state index in [4.69, 9.17) is 21.1 Å². The molecule has 1 atom stereocenters. The molecule has 2 aliphatic heterocycles. The Labute approximate surface area is 141 Å². The third-order valence-electron chi connectivity index (χ3n) is 4.33. The van der Waals surface area contributed by atoms with Gasteiger partial charge in [-0.05, 0) is 45.6 Å². The van der Waals surface area contributed by atoms with Crippen LogP contribution in [0.2, 0.25) is 5.15 Å². The molecule has 0 N–H and O–H groups in total. The van der Waals surface area contributed by atoms with Gasteiger partial charge in [-0.3, -0.25) is 0 Å². The molecule has 1 amide bonds. The molecule has 3 rings (SSSR count). The standard InChI is InChI=1S/C17H23ClN2O3/c1-17(2,3)23-16(21)20-6-4-11(5-7-20)13-8-12-9-15(18)19-10-14(12)22-13/h9-11,13H,4-8H2,1-3H3. The van der Waals surface area contributed by atoms with Gasteiger partial charge in [0.2, 0.25) is 0 Å². The second-order valence-electron chi connectivity index (χ2n) is 7.28. The van der Waals surface area contributed by atoms with Crippen LogP contribution in [0, 0.1) is 5.92 Å². The van der Waals surface area contributed by atoms with Crippen molar-refractivity contribution >= 4 is 17.7 Å². The zero-order chi connectivity index (χ0) is 16.6. The molecule has 0 radical (unpaired) electrons. The van der Waals surface area contributed by atoms with Gasteiger partial charge in [0.1, 0.15) is 22.6 Å². The molecule has 1 aromatic rings. The molecular formula is C17H23ClN2O3. The van der Waals surface area contributed by atoms with Crippen LogP contribution in [0.25, 0.3) is 0 Å². The maximum Gasteiger partial charge on any atom is 0.410 e. The molecule has 1 fully saturated rings. The predicted molar refractivity (Wildman–Crippen MR) is 87.9 cm³/mol. The second-order valence-corrected chi connectivity index (χ2v) is 7.67. The highest BCUT2D eigenvalue weighted by molar-refractivity contribution is 6.29. The van der Waals surface area contributed by atoms with Crippen molar-refractivity contribution in [1.82, 2.24) is 9.88 Å². The molecule has 0 saturated carbocycles. The Kier molecular flexibility index (Phi) is 4.41. The van der Waals surface area contributed by atoms with Crippen molar-refractivity contribution in [1.29, 1.82) is 0 Å². The third-order valence-corrected chi connectivity index (χ3v) is 4.54. The quantitative estimate of drug-likeness (QED) is 0.733. The molecule has 1 aromatic heterocycles. The van der Waals surface area contributed by atoms with Crippen LogP contribution in [0.3, 0.4) is 0 Å². The maximum absolute atomic E-state index is 12.1. The van der Waals surface area contributed by atoms with Crippen molar-refractivity contribution < 1.29 is 14.3 Å². The van der Waals surface area contributed by atoms with Crippen molar-refractivity contribution in [2.24, 2.45) is 5.92 Å². The summed E-state index contributed by atoms with van der Waals surface area (Å²) in [5.74, 6) is 1.29. The number of amides is 1. The van der Waals surface area contributed by atoms with Gasteiger partial charge < -0.3 is 14.4 Å². The topological polar surface area (TPSA) is 51.7 Å². The summed E-state index contributed by atoms with van der Waals surface area (Å²) in [5.41, 5.74) is 0.681. The number of nitrogens with zero attached hydrogens (tertiary/aromatic N) is 2. The summed E-state index contributed by atoms with van der Waals surface area (Å²) >= 11 is 5.94. The molecule has 23 heavy (non-hydrogen) atoms. The lowest BCUT2D eigenvalue weighted by Crippen LogP contribution is -2.44. The van der Waals surface area contributed by atoms with Crippen molar-refractivity contribution in [2.75, 3.05) is 13.1 Å². The minimum Gasteiger partial charge on any atom is -0.488 e. The number of likely N-dealkylation sites (tertiary alicyclic amines) is 1. The molecule has 0 aromatic carbocycles. The largest absolute Gasteiger partial charge is 0.488 e. The van der Waals surface area contributed by atoms with Gasteiger partial charge in [-0.15, -0.1) is 0 Å². The first kappa shape index (κ1) is 16.4. The summed E-state index contributed by atoms with van der Waals surface area (Å²) in [6, 6.07) is 1.88. The fraction of sp³-hybridized carbons (Fsp3) is 0.647. The number of halogens is 1. The number of ether oxygens (including phenoxy) is 2. The Hall–Kier alpha value is -1.49. The second kappa shape index (κ2) is 6.19. The first-order valence-corrected chi connectivity index (χ1v) is 8.48. The first-order valence-electron chi connectivity index (χ1n) is 8.11. The lowest BCUT2D eigenvalue weighted by molar-refractivity contribution is 0.0123. The predicted octanol–water partition coefficient (Wildman–Crippen LogP) is 3.69. The van der Waals surface area contributed by atoms with Crippen LogP contribution in [-0.4, -0.2) is 40.8 Å². The molecular weight excluding hydrogens is 316 g/mol. The highest BCUT2D eigenvalue weighted by Gasteiger charge is 2.35. The minimum atomic E-state index is -0.448. The van der Waals surface area contributed by atoms with E-state index < -0.39 is 5.60 Å². The highest BCUT2D eigenvalue weighted by atomic mass is 35.5. The summed E-state index contributed by atoms with van der Waals surface area (Å²) in [6.07, 6.45) is 4.37. The van der Waals surface area contributed by atoms with Crippen molar-refractivity contribution in [2.45, 2.75) is 51.7 Å². The minimum absolute atomic E-state index is 0.158. The maximum atomic E-state index is 12.1. The van der Waals surface area contributed by atoms with Crippen LogP contribution in [-0.2, 0) is 11.2 Å². The third kappa shape index (κ3) is 3.89. The lowest BCUT2D eigenvalue weighted by atomic mass is 9.89. The van der Waals surface area contributed by atoms with Crippen molar-refractivity contribution in [3.05, 3.63) is 23.0 Å². The van der Waals surface area contributed by atoms with Crippen LogP contribution < -0.4 is 4.74 Å². The molecule has 0 aliphatic carbocycles. The molecule has 126 valence electrons. The molecule has 0 bridgehead atoms. The van der Waals surface area contributed by atoms with Crippen LogP contribution in [0.4, 0.5) is 4.79 Å². The number of hydrogen-bond donors (Lipinski definition) is 0. The molecule has 5 nitrogen and oxygen atoms in total. The van der Waals surface area contributed by atoms with E-state index >= 15 is 0 Å². The number of piperidine rings is 1. The smallest absolute Gasteiger partial charge is 0.410 e. The first-order chi connectivity index (χ1) is 10.8. The average molecular weight is 339 g/mol. The molecule has 0 spiro atoms. The summed E-state index contributed by atoms with van der Waals surface area (Å²) < 4.78 is 11.5. The fourth-order valence-electron chi connectivity index (χ4n) is 3.19. The summed E-state index contributed by atoms with van der Waals surface area (Å²) in [7, 11) is 0. The normalized spacial score (nSPS) is 21.7. The van der Waals surface area contributed by atoms with E-state index in [2.05, 4.69) is 4.98 Å². The highest BCUT2D eigenvalue weighted by Crippen LogP contribution is 2.35. The van der Waals surface area contributed by atoms with Crippen LogP contribution in [0.15, 0.2) is 12.3 Å². The van der Waals surface area contributed by atoms with Gasteiger partial charge in [0.25, 0.3) is 0 Å². The molecule has 6 heteroatoms. The Morgan fingerprint density at radius 1 is 1.39 bits per heavy atom. The Morgan fingerprint density at radius 2 is 2.09 bits per heavy atom. The van der Waals surface area contributed by atoms with E-state index in [0.29, 0.717) is 11.1 Å². The van der Waals surface area contributed by atoms with E-state index in [1.807, 2.05) is 26.8 Å². The van der Waals surface area contributed by atoms with E-state index in [9.17, 15) is 4.79 Å². The van der Waals surface area contributed by atoms with Gasteiger partial charge in [-0.2, -0.15) is 0 Å². The van der Waals surface area contributed by atoms with E-state index in [1.165, 1.54) is 0 Å². The van der Waals surface area contributed by atoms with E-state index in [-0.39, 0.29) is 12.2 Å². The SMILES string of the molecule is CC(C)(C)OC(=O)N1CCC(C2Cc3cc(Cl)ncc3O2)CC1. The number of carbonyl (C=O) groups is 1. The van der Waals surface area contributed by atoms with Crippen molar-refractivity contribution in [3.63, 3.8) is 0 Å². The summed E-state index contributed by atoms with van der Waals surface area (Å²) in [6.45, 7) is 7.10. The van der Waals surface area contributed by atoms with Crippen LogP contribution >= 0.6 is 11.6 Å². The van der Waals surface area contributed by atoms with Gasteiger partial charge in [-0.1, -0.05) is 11.6 Å².